The average Bonchev–Trinajstić information content (AvgIpc) is 2.91. The number of nitrogens with two attached hydrogens (primary N) is 1. The molecule has 0 spiro atoms. The second kappa shape index (κ2) is 6.55. The molecule has 0 saturated heterocycles. The third-order valence-corrected chi connectivity index (χ3v) is 4.12. The zero-order chi connectivity index (χ0) is 14.5. The molecule has 0 amide bonds. The van der Waals surface area contributed by atoms with Crippen LogP contribution in [0.3, 0.4) is 0 Å². The lowest BCUT2D eigenvalue weighted by atomic mass is 9.91. The molecule has 0 radical (unpaired) electrons. The molecule has 2 aromatic carbocycles. The van der Waals surface area contributed by atoms with Gasteiger partial charge in [0.2, 0.25) is 0 Å². The highest BCUT2D eigenvalue weighted by molar-refractivity contribution is 5.43. The van der Waals surface area contributed by atoms with Gasteiger partial charge in [-0.3, -0.25) is 0 Å². The van der Waals surface area contributed by atoms with Crippen LogP contribution in [0.15, 0.2) is 84.0 Å². The molecule has 21 heavy (non-hydrogen) atoms. The van der Waals surface area contributed by atoms with Gasteiger partial charge < -0.3 is 5.73 Å². The van der Waals surface area contributed by atoms with Gasteiger partial charge >= 0.3 is 0 Å². The lowest BCUT2D eigenvalue weighted by molar-refractivity contribution is 0.749. The minimum atomic E-state index is 0.393. The van der Waals surface area contributed by atoms with Gasteiger partial charge in [0.1, 0.15) is 0 Å². The van der Waals surface area contributed by atoms with E-state index >= 15 is 0 Å². The molecule has 1 aliphatic carbocycles. The summed E-state index contributed by atoms with van der Waals surface area (Å²) in [6, 6.07) is 21.3. The average molecular weight is 275 g/mol. The Kier molecular flexibility index (Phi) is 4.32. The topological polar surface area (TPSA) is 26.0 Å². The van der Waals surface area contributed by atoms with Gasteiger partial charge in [0, 0.05) is 12.5 Å². The zero-order valence-electron chi connectivity index (χ0n) is 12.2. The van der Waals surface area contributed by atoms with E-state index < -0.39 is 0 Å². The number of hydrogen-bond donors (Lipinski definition) is 1. The lowest BCUT2D eigenvalue weighted by Gasteiger charge is -2.14. The first-order valence-electron chi connectivity index (χ1n) is 7.55. The smallest absolute Gasteiger partial charge is 0.0112 e. The van der Waals surface area contributed by atoms with Crippen LogP contribution in [0.1, 0.15) is 11.1 Å². The maximum absolute atomic E-state index is 5.95. The van der Waals surface area contributed by atoms with Gasteiger partial charge in [-0.1, -0.05) is 78.4 Å². The molecular formula is C20H21N. The van der Waals surface area contributed by atoms with E-state index in [0.29, 0.717) is 12.5 Å². The molecule has 0 bridgehead atoms. The van der Waals surface area contributed by atoms with Crippen molar-refractivity contribution in [2.75, 3.05) is 6.54 Å². The van der Waals surface area contributed by atoms with E-state index in [0.717, 1.165) is 12.8 Å². The second-order valence-electron chi connectivity index (χ2n) is 5.58. The summed E-state index contributed by atoms with van der Waals surface area (Å²) in [7, 11) is 0. The van der Waals surface area contributed by atoms with Crippen molar-refractivity contribution < 1.29 is 0 Å². The Morgan fingerprint density at radius 1 is 0.762 bits per heavy atom. The van der Waals surface area contributed by atoms with Crippen molar-refractivity contribution in [3.05, 3.63) is 95.1 Å². The Labute approximate surface area is 126 Å². The summed E-state index contributed by atoms with van der Waals surface area (Å²) in [5, 5.41) is 0. The van der Waals surface area contributed by atoms with Gasteiger partial charge in [-0.15, -0.1) is 0 Å². The summed E-state index contributed by atoms with van der Waals surface area (Å²) in [4.78, 5) is 0. The van der Waals surface area contributed by atoms with Crippen LogP contribution in [0.2, 0.25) is 0 Å². The molecule has 1 aliphatic rings. The maximum atomic E-state index is 5.95. The Hall–Kier alpha value is -2.12. The van der Waals surface area contributed by atoms with E-state index in [1.54, 1.807) is 0 Å². The third kappa shape index (κ3) is 3.32. The van der Waals surface area contributed by atoms with Gasteiger partial charge in [0.15, 0.2) is 0 Å². The van der Waals surface area contributed by atoms with Crippen LogP contribution in [0.5, 0.6) is 0 Å². The molecule has 1 unspecified atom stereocenters. The van der Waals surface area contributed by atoms with E-state index in [-0.39, 0.29) is 0 Å². The van der Waals surface area contributed by atoms with Crippen LogP contribution >= 0.6 is 0 Å². The predicted molar refractivity (Wildman–Crippen MR) is 89.0 cm³/mol. The molecule has 1 nitrogen and oxygen atoms in total. The van der Waals surface area contributed by atoms with Crippen molar-refractivity contribution in [3.63, 3.8) is 0 Å². The van der Waals surface area contributed by atoms with Crippen molar-refractivity contribution in [2.24, 2.45) is 11.7 Å². The lowest BCUT2D eigenvalue weighted by Crippen LogP contribution is -2.15. The van der Waals surface area contributed by atoms with E-state index in [1.165, 1.54) is 22.3 Å². The first kappa shape index (κ1) is 13.8. The monoisotopic (exact) mass is 275 g/mol. The van der Waals surface area contributed by atoms with E-state index in [9.17, 15) is 0 Å². The number of rotatable bonds is 5. The Morgan fingerprint density at radius 3 is 1.90 bits per heavy atom. The fourth-order valence-electron chi connectivity index (χ4n) is 2.96. The Balaban J connectivity index is 1.86. The standard InChI is InChI=1S/C20H21N/c21-15-19-12-11-18(13-16-7-3-1-4-8-16)20(19)14-17-9-5-2-6-10-17/h1-12,19H,13-15,21H2. The van der Waals surface area contributed by atoms with Crippen molar-refractivity contribution in [1.29, 1.82) is 0 Å². The molecular weight excluding hydrogens is 254 g/mol. The largest absolute Gasteiger partial charge is 0.330 e. The fraction of sp³-hybridized carbons (Fsp3) is 0.200. The predicted octanol–water partition coefficient (Wildman–Crippen LogP) is 3.91. The number of hydrogen-bond acceptors (Lipinski definition) is 1. The van der Waals surface area contributed by atoms with Gasteiger partial charge in [0.05, 0.1) is 0 Å². The third-order valence-electron chi connectivity index (χ3n) is 4.12. The molecule has 0 fully saturated rings. The summed E-state index contributed by atoms with van der Waals surface area (Å²) in [5.41, 5.74) is 11.6. The second-order valence-corrected chi connectivity index (χ2v) is 5.58. The van der Waals surface area contributed by atoms with Gasteiger partial charge in [-0.05, 0) is 29.5 Å². The highest BCUT2D eigenvalue weighted by atomic mass is 14.6. The first-order chi connectivity index (χ1) is 10.4. The molecule has 0 aromatic heterocycles. The minimum Gasteiger partial charge on any atom is -0.330 e. The molecule has 0 saturated carbocycles. The molecule has 0 heterocycles. The van der Waals surface area contributed by atoms with Crippen LogP contribution in [-0.4, -0.2) is 6.54 Å². The van der Waals surface area contributed by atoms with Gasteiger partial charge in [-0.25, -0.2) is 0 Å². The molecule has 3 rings (SSSR count). The van der Waals surface area contributed by atoms with Crippen LogP contribution < -0.4 is 5.73 Å². The SMILES string of the molecule is NCC1C=CC(Cc2ccccc2)=C1Cc1ccccc1. The molecule has 0 aliphatic heterocycles. The van der Waals surface area contributed by atoms with Crippen LogP contribution in [-0.2, 0) is 12.8 Å². The summed E-state index contributed by atoms with van der Waals surface area (Å²) in [6.45, 7) is 0.691. The van der Waals surface area contributed by atoms with Crippen LogP contribution in [0.25, 0.3) is 0 Å². The van der Waals surface area contributed by atoms with Crippen molar-refractivity contribution in [1.82, 2.24) is 0 Å². The minimum absolute atomic E-state index is 0.393. The molecule has 2 N–H and O–H groups in total. The summed E-state index contributed by atoms with van der Waals surface area (Å²) >= 11 is 0. The zero-order valence-corrected chi connectivity index (χ0v) is 12.2. The molecule has 1 heteroatoms. The van der Waals surface area contributed by atoms with Gasteiger partial charge in [0.25, 0.3) is 0 Å². The quantitative estimate of drug-likeness (QED) is 0.879. The fourth-order valence-corrected chi connectivity index (χ4v) is 2.96. The summed E-state index contributed by atoms with van der Waals surface area (Å²) < 4.78 is 0. The molecule has 2 aromatic rings. The van der Waals surface area contributed by atoms with E-state index in [2.05, 4.69) is 72.8 Å². The van der Waals surface area contributed by atoms with Crippen LogP contribution in [0, 0.1) is 5.92 Å². The number of allylic oxidation sites excluding steroid dienone is 2. The van der Waals surface area contributed by atoms with Crippen LogP contribution in [0.4, 0.5) is 0 Å². The highest BCUT2D eigenvalue weighted by Crippen LogP contribution is 2.30. The molecule has 1 atom stereocenters. The van der Waals surface area contributed by atoms with E-state index in [4.69, 9.17) is 5.73 Å². The van der Waals surface area contributed by atoms with Crippen molar-refractivity contribution in [2.45, 2.75) is 12.8 Å². The van der Waals surface area contributed by atoms with Crippen molar-refractivity contribution in [3.8, 4) is 0 Å². The Bertz CT molecular complexity index is 638. The van der Waals surface area contributed by atoms with Gasteiger partial charge in [-0.2, -0.15) is 0 Å². The maximum Gasteiger partial charge on any atom is 0.0112 e. The summed E-state index contributed by atoms with van der Waals surface area (Å²) in [6.07, 6.45) is 6.52. The molecule has 106 valence electrons. The first-order valence-corrected chi connectivity index (χ1v) is 7.55. The van der Waals surface area contributed by atoms with Crippen molar-refractivity contribution >= 4 is 0 Å². The summed E-state index contributed by atoms with van der Waals surface area (Å²) in [5.74, 6) is 0.393. The van der Waals surface area contributed by atoms with E-state index in [1.807, 2.05) is 0 Å². The Morgan fingerprint density at radius 2 is 1.33 bits per heavy atom. The highest BCUT2D eigenvalue weighted by Gasteiger charge is 2.19. The number of benzene rings is 2. The normalized spacial score (nSPS) is 17.5.